The van der Waals surface area contributed by atoms with Gasteiger partial charge in [0.05, 0.1) is 0 Å². The lowest BCUT2D eigenvalue weighted by Gasteiger charge is -1.89. The Bertz CT molecular complexity index is 74.0. The summed E-state index contributed by atoms with van der Waals surface area (Å²) in [5, 5.41) is 8.14. The second-order valence-electron chi connectivity index (χ2n) is 1.85. The molecular formula is C7H16O2S. The van der Waals surface area contributed by atoms with Crippen LogP contribution in [0, 0.1) is 0 Å². The number of hydrogen-bond donors (Lipinski definition) is 2. The summed E-state index contributed by atoms with van der Waals surface area (Å²) in [5.41, 5.74) is 0. The Morgan fingerprint density at radius 3 is 2.20 bits per heavy atom. The normalized spacial score (nSPS) is 7.90. The fourth-order valence-electron chi connectivity index (χ4n) is 0.526. The summed E-state index contributed by atoms with van der Waals surface area (Å²) in [5.74, 6) is -0.682. The smallest absolute Gasteiger partial charge is 0.303 e. The fraction of sp³-hybridized carbons (Fsp3) is 0.857. The molecule has 0 rings (SSSR count). The quantitative estimate of drug-likeness (QED) is 0.493. The van der Waals surface area contributed by atoms with E-state index < -0.39 is 5.97 Å². The van der Waals surface area contributed by atoms with E-state index in [0.29, 0.717) is 6.42 Å². The summed E-state index contributed by atoms with van der Waals surface area (Å²) >= 11 is 3.53. The van der Waals surface area contributed by atoms with Crippen molar-refractivity contribution in [2.45, 2.75) is 32.6 Å². The third kappa shape index (κ3) is 15.7. The van der Waals surface area contributed by atoms with E-state index in [1.165, 1.54) is 0 Å². The van der Waals surface area contributed by atoms with Crippen LogP contribution in [-0.2, 0) is 4.79 Å². The number of aliphatic carboxylic acids is 1. The van der Waals surface area contributed by atoms with Crippen molar-refractivity contribution >= 4 is 18.6 Å². The van der Waals surface area contributed by atoms with Crippen LogP contribution >= 0.6 is 12.6 Å². The average Bonchev–Trinajstić information content (AvgIpc) is 1.92. The predicted octanol–water partition coefficient (Wildman–Crippen LogP) is 2.20. The summed E-state index contributed by atoms with van der Waals surface area (Å²) in [4.78, 5) is 9.87. The molecule has 3 heteroatoms. The Morgan fingerprint density at radius 2 is 1.90 bits per heavy atom. The van der Waals surface area contributed by atoms with E-state index in [0.717, 1.165) is 19.3 Å². The Labute approximate surface area is 68.0 Å². The summed E-state index contributed by atoms with van der Waals surface area (Å²) in [6, 6.07) is 0. The lowest BCUT2D eigenvalue weighted by atomic mass is 10.2. The zero-order valence-corrected chi connectivity index (χ0v) is 7.53. The summed E-state index contributed by atoms with van der Waals surface area (Å²) in [6.07, 6.45) is 4.97. The van der Waals surface area contributed by atoms with Crippen LogP contribution in [0.2, 0.25) is 0 Å². The van der Waals surface area contributed by atoms with E-state index in [4.69, 9.17) is 5.11 Å². The van der Waals surface area contributed by atoms with Crippen LogP contribution in [0.25, 0.3) is 0 Å². The van der Waals surface area contributed by atoms with Crippen LogP contribution < -0.4 is 0 Å². The lowest BCUT2D eigenvalue weighted by Crippen LogP contribution is -1.92. The van der Waals surface area contributed by atoms with E-state index in [2.05, 4.69) is 19.6 Å². The van der Waals surface area contributed by atoms with Gasteiger partial charge in [0.1, 0.15) is 0 Å². The lowest BCUT2D eigenvalue weighted by molar-refractivity contribution is -0.137. The van der Waals surface area contributed by atoms with Gasteiger partial charge in [0.2, 0.25) is 0 Å². The molecule has 0 saturated heterocycles. The first-order valence-electron chi connectivity index (χ1n) is 3.44. The van der Waals surface area contributed by atoms with E-state index in [1.54, 1.807) is 6.26 Å². The monoisotopic (exact) mass is 164 g/mol. The van der Waals surface area contributed by atoms with Crippen LogP contribution in [-0.4, -0.2) is 17.3 Å². The zero-order valence-electron chi connectivity index (χ0n) is 6.63. The molecule has 10 heavy (non-hydrogen) atoms. The minimum absolute atomic E-state index is 0.327. The van der Waals surface area contributed by atoms with E-state index in [-0.39, 0.29) is 0 Å². The van der Waals surface area contributed by atoms with Gasteiger partial charge < -0.3 is 5.11 Å². The fourth-order valence-corrected chi connectivity index (χ4v) is 0.526. The van der Waals surface area contributed by atoms with E-state index >= 15 is 0 Å². The highest BCUT2D eigenvalue weighted by Crippen LogP contribution is 1.97. The van der Waals surface area contributed by atoms with E-state index in [9.17, 15) is 4.79 Å². The molecule has 0 saturated carbocycles. The molecule has 2 nitrogen and oxygen atoms in total. The minimum Gasteiger partial charge on any atom is -0.481 e. The molecule has 0 aliphatic heterocycles. The minimum atomic E-state index is -0.682. The van der Waals surface area contributed by atoms with Gasteiger partial charge in [-0.25, -0.2) is 0 Å². The van der Waals surface area contributed by atoms with Crippen molar-refractivity contribution in [3.8, 4) is 0 Å². The van der Waals surface area contributed by atoms with Crippen molar-refractivity contribution < 1.29 is 9.90 Å². The van der Waals surface area contributed by atoms with Gasteiger partial charge in [-0.1, -0.05) is 19.8 Å². The number of unbranched alkanes of at least 4 members (excludes halogenated alkanes) is 2. The third-order valence-corrected chi connectivity index (χ3v) is 0.994. The van der Waals surface area contributed by atoms with Gasteiger partial charge in [0.15, 0.2) is 0 Å². The van der Waals surface area contributed by atoms with Crippen molar-refractivity contribution in [2.75, 3.05) is 6.26 Å². The van der Waals surface area contributed by atoms with Gasteiger partial charge in [-0.05, 0) is 12.7 Å². The Balaban J connectivity index is 0. The molecule has 0 aliphatic rings. The molecule has 0 spiro atoms. The second kappa shape index (κ2) is 11.6. The Kier molecular flexibility index (Phi) is 14.5. The van der Waals surface area contributed by atoms with E-state index in [1.807, 2.05) is 0 Å². The zero-order chi connectivity index (χ0) is 8.41. The predicted molar refractivity (Wildman–Crippen MR) is 46.7 cm³/mol. The highest BCUT2D eigenvalue weighted by atomic mass is 32.1. The highest BCUT2D eigenvalue weighted by molar-refractivity contribution is 7.79. The molecule has 0 aromatic rings. The van der Waals surface area contributed by atoms with Crippen LogP contribution in [0.1, 0.15) is 32.6 Å². The number of carbonyl (C=O) groups is 1. The molecule has 0 atom stereocenters. The molecular weight excluding hydrogens is 148 g/mol. The standard InChI is InChI=1S/C6H12O2.CH4S/c1-2-3-4-5-6(7)8;1-2/h2-5H2,1H3,(H,7,8);2H,1H3. The van der Waals surface area contributed by atoms with Crippen LogP contribution in [0.3, 0.4) is 0 Å². The topological polar surface area (TPSA) is 37.3 Å². The molecule has 0 aromatic carbocycles. The molecule has 0 bridgehead atoms. The molecule has 0 radical (unpaired) electrons. The van der Waals surface area contributed by atoms with Crippen molar-refractivity contribution in [3.05, 3.63) is 0 Å². The summed E-state index contributed by atoms with van der Waals surface area (Å²) < 4.78 is 0. The number of carboxylic acids is 1. The molecule has 0 fully saturated rings. The van der Waals surface area contributed by atoms with Crippen molar-refractivity contribution in [1.82, 2.24) is 0 Å². The summed E-state index contributed by atoms with van der Waals surface area (Å²) in [6.45, 7) is 2.06. The number of carboxylic acid groups (broad SMARTS) is 1. The second-order valence-corrected chi connectivity index (χ2v) is 1.85. The SMILES string of the molecule is CCCCCC(=O)O.CS. The molecule has 0 amide bonds. The first-order chi connectivity index (χ1) is 4.77. The van der Waals surface area contributed by atoms with Gasteiger partial charge in [-0.3, -0.25) is 4.79 Å². The molecule has 0 unspecified atom stereocenters. The van der Waals surface area contributed by atoms with Crippen molar-refractivity contribution in [3.63, 3.8) is 0 Å². The molecule has 0 aromatic heterocycles. The van der Waals surface area contributed by atoms with Gasteiger partial charge in [-0.2, -0.15) is 12.6 Å². The van der Waals surface area contributed by atoms with Crippen LogP contribution in [0.5, 0.6) is 0 Å². The largest absolute Gasteiger partial charge is 0.481 e. The molecule has 0 heterocycles. The molecule has 1 N–H and O–H groups in total. The van der Waals surface area contributed by atoms with Crippen molar-refractivity contribution in [1.29, 1.82) is 0 Å². The maximum absolute atomic E-state index is 9.87. The first kappa shape index (κ1) is 12.5. The van der Waals surface area contributed by atoms with Crippen LogP contribution in [0.15, 0.2) is 0 Å². The third-order valence-electron chi connectivity index (χ3n) is 0.994. The first-order valence-corrected chi connectivity index (χ1v) is 4.33. The summed E-state index contributed by atoms with van der Waals surface area (Å²) in [7, 11) is 0. The maximum Gasteiger partial charge on any atom is 0.303 e. The van der Waals surface area contributed by atoms with Gasteiger partial charge in [0, 0.05) is 6.42 Å². The van der Waals surface area contributed by atoms with Gasteiger partial charge >= 0.3 is 5.97 Å². The Morgan fingerprint density at radius 1 is 1.40 bits per heavy atom. The number of hydrogen-bond acceptors (Lipinski definition) is 2. The van der Waals surface area contributed by atoms with Gasteiger partial charge in [0.25, 0.3) is 0 Å². The van der Waals surface area contributed by atoms with Gasteiger partial charge in [-0.15, -0.1) is 0 Å². The van der Waals surface area contributed by atoms with Crippen LogP contribution in [0.4, 0.5) is 0 Å². The molecule has 62 valence electrons. The van der Waals surface area contributed by atoms with Crippen molar-refractivity contribution in [2.24, 2.45) is 0 Å². The number of thiol groups is 1. The molecule has 0 aliphatic carbocycles. The number of rotatable bonds is 4. The highest BCUT2D eigenvalue weighted by Gasteiger charge is 1.92. The average molecular weight is 164 g/mol. The maximum atomic E-state index is 9.87. The Hall–Kier alpha value is -0.180.